The number of likely N-dealkylation sites (tertiary alicyclic amines) is 1. The van der Waals surface area contributed by atoms with Crippen LogP contribution in [0.5, 0.6) is 0 Å². The molecule has 28 heavy (non-hydrogen) atoms. The summed E-state index contributed by atoms with van der Waals surface area (Å²) in [5, 5.41) is 5.64. The van der Waals surface area contributed by atoms with Crippen molar-refractivity contribution in [2.75, 3.05) is 6.54 Å². The van der Waals surface area contributed by atoms with Gasteiger partial charge in [-0.1, -0.05) is 13.8 Å². The molecule has 0 aromatic carbocycles. The van der Waals surface area contributed by atoms with Crippen molar-refractivity contribution in [1.82, 2.24) is 19.7 Å². The number of aromatic nitrogens is 3. The van der Waals surface area contributed by atoms with Crippen molar-refractivity contribution in [3.63, 3.8) is 0 Å². The molecule has 1 saturated heterocycles. The summed E-state index contributed by atoms with van der Waals surface area (Å²) in [6, 6.07) is 2.03. The van der Waals surface area contributed by atoms with Crippen LogP contribution in [0.4, 0.5) is 0 Å². The van der Waals surface area contributed by atoms with Crippen molar-refractivity contribution in [3.05, 3.63) is 23.0 Å². The first-order chi connectivity index (χ1) is 13.0. The molecule has 1 amide bonds. The van der Waals surface area contributed by atoms with E-state index in [0.717, 1.165) is 48.2 Å². The summed E-state index contributed by atoms with van der Waals surface area (Å²) in [6.45, 7) is 15.3. The van der Waals surface area contributed by atoms with Gasteiger partial charge in [-0.3, -0.25) is 4.79 Å². The number of carbonyl (C=O) groups is 1. The second kappa shape index (κ2) is 7.47. The summed E-state index contributed by atoms with van der Waals surface area (Å²) in [5.41, 5.74) is 9.31. The molecule has 1 fully saturated rings. The quantitative estimate of drug-likeness (QED) is 0.867. The number of carbonyl (C=O) groups excluding carboxylic acids is 1. The molecule has 0 saturated carbocycles. The molecular weight excluding hydrogens is 350 g/mol. The summed E-state index contributed by atoms with van der Waals surface area (Å²) >= 11 is 0. The molecule has 2 unspecified atom stereocenters. The molecular formula is C22H35N5O. The second-order valence-electron chi connectivity index (χ2n) is 9.54. The Kier molecular flexibility index (Phi) is 5.54. The van der Waals surface area contributed by atoms with Crippen molar-refractivity contribution in [2.24, 2.45) is 5.73 Å². The summed E-state index contributed by atoms with van der Waals surface area (Å²) in [5.74, 6) is 0.290. The molecule has 0 spiro atoms. The number of hydrogen-bond acceptors (Lipinski definition) is 4. The Hall–Kier alpha value is -1.95. The van der Waals surface area contributed by atoms with Gasteiger partial charge in [-0.2, -0.15) is 5.10 Å². The van der Waals surface area contributed by atoms with Crippen molar-refractivity contribution >= 4 is 16.9 Å². The molecule has 3 heterocycles. The molecule has 2 atom stereocenters. The Labute approximate surface area is 168 Å². The fraction of sp³-hybridized carbons (Fsp3) is 0.682. The predicted octanol–water partition coefficient (Wildman–Crippen LogP) is 3.96. The Morgan fingerprint density at radius 2 is 1.93 bits per heavy atom. The number of fused-ring (bicyclic) bond motifs is 1. The number of nitrogens with zero attached hydrogens (tertiary/aromatic N) is 4. The zero-order valence-electron chi connectivity index (χ0n) is 18.4. The highest BCUT2D eigenvalue weighted by atomic mass is 16.2. The normalized spacial score (nSPS) is 19.5. The number of hydrogen-bond donors (Lipinski definition) is 1. The van der Waals surface area contributed by atoms with Crippen LogP contribution < -0.4 is 5.73 Å². The van der Waals surface area contributed by atoms with Crippen molar-refractivity contribution in [1.29, 1.82) is 0 Å². The number of aryl methyl sites for hydroxylation is 1. The third-order valence-electron chi connectivity index (χ3n) is 5.71. The van der Waals surface area contributed by atoms with Crippen LogP contribution in [0.1, 0.15) is 88.5 Å². The molecule has 0 aliphatic carbocycles. The zero-order valence-corrected chi connectivity index (χ0v) is 18.4. The van der Waals surface area contributed by atoms with Crippen LogP contribution in [-0.4, -0.2) is 44.2 Å². The lowest BCUT2D eigenvalue weighted by Gasteiger charge is -2.38. The van der Waals surface area contributed by atoms with Gasteiger partial charge in [-0.25, -0.2) is 9.67 Å². The van der Waals surface area contributed by atoms with Gasteiger partial charge >= 0.3 is 0 Å². The number of nitrogens with two attached hydrogens (primary N) is 1. The van der Waals surface area contributed by atoms with Crippen LogP contribution in [0.25, 0.3) is 11.0 Å². The minimum absolute atomic E-state index is 0.0375. The van der Waals surface area contributed by atoms with Crippen molar-refractivity contribution in [2.45, 2.75) is 91.3 Å². The maximum atomic E-state index is 13.7. The lowest BCUT2D eigenvalue weighted by molar-refractivity contribution is 0.0585. The Bertz CT molecular complexity index is 875. The predicted molar refractivity (Wildman–Crippen MR) is 114 cm³/mol. The van der Waals surface area contributed by atoms with Gasteiger partial charge in [0.15, 0.2) is 5.65 Å². The van der Waals surface area contributed by atoms with Crippen LogP contribution in [0.15, 0.2) is 6.07 Å². The number of rotatable bonds is 3. The molecule has 0 bridgehead atoms. The number of piperidine rings is 1. The average molecular weight is 386 g/mol. The van der Waals surface area contributed by atoms with Gasteiger partial charge in [0, 0.05) is 24.3 Å². The van der Waals surface area contributed by atoms with Gasteiger partial charge in [-0.05, 0) is 65.9 Å². The van der Waals surface area contributed by atoms with Gasteiger partial charge in [0.05, 0.1) is 22.2 Å². The van der Waals surface area contributed by atoms with Gasteiger partial charge in [-0.15, -0.1) is 0 Å². The molecule has 2 N–H and O–H groups in total. The van der Waals surface area contributed by atoms with Crippen LogP contribution in [0, 0.1) is 6.92 Å². The maximum Gasteiger partial charge on any atom is 0.255 e. The third kappa shape index (κ3) is 3.66. The first-order valence-electron chi connectivity index (χ1n) is 10.5. The molecule has 154 valence electrons. The zero-order chi connectivity index (χ0) is 20.8. The molecule has 2 aromatic heterocycles. The molecule has 2 aromatic rings. The summed E-state index contributed by atoms with van der Waals surface area (Å²) in [6.07, 6.45) is 3.12. The highest BCUT2D eigenvalue weighted by molar-refractivity contribution is 6.06. The molecule has 6 heteroatoms. The van der Waals surface area contributed by atoms with Crippen LogP contribution in [0.2, 0.25) is 0 Å². The van der Waals surface area contributed by atoms with E-state index in [1.54, 1.807) is 0 Å². The summed E-state index contributed by atoms with van der Waals surface area (Å²) < 4.78 is 1.96. The topological polar surface area (TPSA) is 77.0 Å². The van der Waals surface area contributed by atoms with Gasteiger partial charge in [0.25, 0.3) is 5.91 Å². The standard InChI is InChI=1S/C22H35N5O/c1-13(2)17-12-16(21(28)26-11-9-8-10-18(26)14(3)23)19-15(4)25-27(20(19)24-17)22(5,6)7/h12-14,18H,8-11,23H2,1-7H3. The van der Waals surface area contributed by atoms with E-state index < -0.39 is 0 Å². The van der Waals surface area contributed by atoms with Crippen molar-refractivity contribution in [3.8, 4) is 0 Å². The Morgan fingerprint density at radius 3 is 2.50 bits per heavy atom. The van der Waals surface area contributed by atoms with E-state index in [1.807, 2.05) is 29.5 Å². The smallest absolute Gasteiger partial charge is 0.255 e. The van der Waals surface area contributed by atoms with E-state index in [4.69, 9.17) is 15.8 Å². The molecule has 1 aliphatic rings. The van der Waals surface area contributed by atoms with Gasteiger partial charge in [0.2, 0.25) is 0 Å². The molecule has 3 rings (SSSR count). The van der Waals surface area contributed by atoms with Gasteiger partial charge < -0.3 is 10.6 Å². The Morgan fingerprint density at radius 1 is 1.25 bits per heavy atom. The Balaban J connectivity index is 2.22. The second-order valence-corrected chi connectivity index (χ2v) is 9.54. The highest BCUT2D eigenvalue weighted by Crippen LogP contribution is 2.31. The van der Waals surface area contributed by atoms with Gasteiger partial charge in [0.1, 0.15) is 0 Å². The summed E-state index contributed by atoms with van der Waals surface area (Å²) in [7, 11) is 0. The summed E-state index contributed by atoms with van der Waals surface area (Å²) in [4.78, 5) is 20.6. The van der Waals surface area contributed by atoms with E-state index in [9.17, 15) is 4.79 Å². The van der Waals surface area contributed by atoms with E-state index in [-0.39, 0.29) is 29.4 Å². The minimum Gasteiger partial charge on any atom is -0.334 e. The van der Waals surface area contributed by atoms with E-state index in [1.165, 1.54) is 0 Å². The van der Waals surface area contributed by atoms with Crippen molar-refractivity contribution < 1.29 is 4.79 Å². The highest BCUT2D eigenvalue weighted by Gasteiger charge is 2.33. The van der Waals surface area contributed by atoms with Crippen LogP contribution in [0.3, 0.4) is 0 Å². The first kappa shape index (κ1) is 20.8. The lowest BCUT2D eigenvalue weighted by atomic mass is 9.95. The minimum atomic E-state index is -0.213. The fourth-order valence-electron chi connectivity index (χ4n) is 4.15. The third-order valence-corrected chi connectivity index (χ3v) is 5.71. The van der Waals surface area contributed by atoms with Crippen LogP contribution >= 0.6 is 0 Å². The van der Waals surface area contributed by atoms with E-state index in [0.29, 0.717) is 5.56 Å². The SMILES string of the molecule is Cc1nn(C(C)(C)C)c2nc(C(C)C)cc(C(=O)N3CCCCC3C(C)N)c12. The largest absolute Gasteiger partial charge is 0.334 e. The molecule has 6 nitrogen and oxygen atoms in total. The number of pyridine rings is 1. The molecule has 1 aliphatic heterocycles. The average Bonchev–Trinajstić information content (AvgIpc) is 2.97. The number of amides is 1. The van der Waals surface area contributed by atoms with Crippen LogP contribution in [-0.2, 0) is 5.54 Å². The fourth-order valence-corrected chi connectivity index (χ4v) is 4.15. The lowest BCUT2D eigenvalue weighted by Crippen LogP contribution is -2.51. The van der Waals surface area contributed by atoms with E-state index in [2.05, 4.69) is 34.6 Å². The van der Waals surface area contributed by atoms with E-state index >= 15 is 0 Å². The maximum absolute atomic E-state index is 13.7. The monoisotopic (exact) mass is 385 g/mol. The molecule has 0 radical (unpaired) electrons. The first-order valence-corrected chi connectivity index (χ1v) is 10.5.